The second-order valence-corrected chi connectivity index (χ2v) is 4.82. The summed E-state index contributed by atoms with van der Waals surface area (Å²) >= 11 is 0. The van der Waals surface area contributed by atoms with Crippen molar-refractivity contribution in [1.82, 2.24) is 0 Å². The number of hydrogen-bond donors (Lipinski definition) is 0. The minimum atomic E-state index is -0.164. The van der Waals surface area contributed by atoms with Crippen molar-refractivity contribution >= 4 is 6.08 Å². The Morgan fingerprint density at radius 2 is 2.00 bits per heavy atom. The second kappa shape index (κ2) is 3.41. The largest absolute Gasteiger partial charge is 0.483 e. The monoisotopic (exact) mass is 202 g/mol. The summed E-state index contributed by atoms with van der Waals surface area (Å²) in [6.07, 6.45) is 4.34. The van der Waals surface area contributed by atoms with Gasteiger partial charge in [-0.1, -0.05) is 31.6 Å². The number of rotatable bonds is 1. The Hall–Kier alpha value is -1.24. The Balaban J connectivity index is 2.40. The molecule has 0 amide bonds. The maximum Gasteiger partial charge on any atom is 0.127 e. The molecule has 15 heavy (non-hydrogen) atoms. The van der Waals surface area contributed by atoms with E-state index in [0.29, 0.717) is 5.92 Å². The zero-order valence-corrected chi connectivity index (χ0v) is 9.87. The van der Waals surface area contributed by atoms with Crippen LogP contribution in [0.4, 0.5) is 0 Å². The number of fused-ring (bicyclic) bond motifs is 1. The molecule has 0 spiro atoms. The Morgan fingerprint density at radius 3 is 2.67 bits per heavy atom. The van der Waals surface area contributed by atoms with Crippen molar-refractivity contribution in [1.29, 1.82) is 0 Å². The number of benzene rings is 1. The fourth-order valence-corrected chi connectivity index (χ4v) is 1.73. The molecule has 0 saturated carbocycles. The highest BCUT2D eigenvalue weighted by Gasteiger charge is 2.30. The molecule has 0 fully saturated rings. The molecule has 80 valence electrons. The SMILES string of the molecule is Cc1ccc2c(c1)C=CC(C)(C(C)C)O2. The number of aryl methyl sites for hydroxylation is 1. The van der Waals surface area contributed by atoms with E-state index in [0.717, 1.165) is 5.75 Å². The Labute approximate surface area is 91.8 Å². The Morgan fingerprint density at radius 1 is 1.27 bits per heavy atom. The summed E-state index contributed by atoms with van der Waals surface area (Å²) in [5, 5.41) is 0. The van der Waals surface area contributed by atoms with Crippen LogP contribution in [-0.4, -0.2) is 5.60 Å². The quantitative estimate of drug-likeness (QED) is 0.672. The van der Waals surface area contributed by atoms with E-state index in [9.17, 15) is 0 Å². The molecule has 1 heterocycles. The van der Waals surface area contributed by atoms with Crippen LogP contribution < -0.4 is 4.74 Å². The van der Waals surface area contributed by atoms with Crippen LogP contribution >= 0.6 is 0 Å². The van der Waals surface area contributed by atoms with Crippen LogP contribution in [0.3, 0.4) is 0 Å². The summed E-state index contributed by atoms with van der Waals surface area (Å²) in [7, 11) is 0. The van der Waals surface area contributed by atoms with E-state index in [1.807, 2.05) is 0 Å². The molecule has 1 unspecified atom stereocenters. The molecular weight excluding hydrogens is 184 g/mol. The Kier molecular flexibility index (Phi) is 2.34. The lowest BCUT2D eigenvalue weighted by Gasteiger charge is -2.35. The molecule has 1 aromatic rings. The molecule has 0 N–H and O–H groups in total. The average Bonchev–Trinajstić information content (AvgIpc) is 2.18. The van der Waals surface area contributed by atoms with E-state index < -0.39 is 0 Å². The molecule has 0 saturated heterocycles. The van der Waals surface area contributed by atoms with E-state index in [-0.39, 0.29) is 5.60 Å². The maximum atomic E-state index is 6.05. The zero-order valence-electron chi connectivity index (χ0n) is 9.87. The number of ether oxygens (including phenoxy) is 1. The molecule has 1 atom stereocenters. The first-order valence-corrected chi connectivity index (χ1v) is 5.50. The van der Waals surface area contributed by atoms with Gasteiger partial charge in [-0.05, 0) is 38.0 Å². The number of hydrogen-bond acceptors (Lipinski definition) is 1. The molecule has 0 aromatic heterocycles. The molecule has 0 bridgehead atoms. The van der Waals surface area contributed by atoms with Gasteiger partial charge < -0.3 is 4.74 Å². The molecular formula is C14H18O. The molecule has 1 nitrogen and oxygen atoms in total. The van der Waals surface area contributed by atoms with Crippen LogP contribution in [0.5, 0.6) is 5.75 Å². The van der Waals surface area contributed by atoms with Gasteiger partial charge in [-0.15, -0.1) is 0 Å². The van der Waals surface area contributed by atoms with E-state index >= 15 is 0 Å². The van der Waals surface area contributed by atoms with Gasteiger partial charge in [0, 0.05) is 5.56 Å². The predicted molar refractivity (Wildman–Crippen MR) is 64.1 cm³/mol. The molecule has 1 aliphatic heterocycles. The average molecular weight is 202 g/mol. The van der Waals surface area contributed by atoms with Crippen molar-refractivity contribution < 1.29 is 4.74 Å². The third-order valence-corrected chi connectivity index (χ3v) is 3.24. The van der Waals surface area contributed by atoms with Crippen LogP contribution in [0.1, 0.15) is 31.9 Å². The predicted octanol–water partition coefficient (Wildman–Crippen LogP) is 3.82. The van der Waals surface area contributed by atoms with Crippen molar-refractivity contribution in [2.45, 2.75) is 33.3 Å². The summed E-state index contributed by atoms with van der Waals surface area (Å²) in [5.41, 5.74) is 2.30. The first-order valence-electron chi connectivity index (χ1n) is 5.50. The second-order valence-electron chi connectivity index (χ2n) is 4.82. The smallest absolute Gasteiger partial charge is 0.127 e. The standard InChI is InChI=1S/C14H18O/c1-10(2)14(4)8-7-12-9-11(3)5-6-13(12)15-14/h5-10H,1-4H3. The molecule has 1 aromatic carbocycles. The van der Waals surface area contributed by atoms with Crippen LogP contribution in [0.25, 0.3) is 6.08 Å². The van der Waals surface area contributed by atoms with Gasteiger partial charge in [-0.3, -0.25) is 0 Å². The van der Waals surface area contributed by atoms with E-state index in [1.165, 1.54) is 11.1 Å². The van der Waals surface area contributed by atoms with Gasteiger partial charge >= 0.3 is 0 Å². The topological polar surface area (TPSA) is 9.23 Å². The van der Waals surface area contributed by atoms with Crippen LogP contribution in [0.15, 0.2) is 24.3 Å². The van der Waals surface area contributed by atoms with Gasteiger partial charge in [0.25, 0.3) is 0 Å². The zero-order chi connectivity index (χ0) is 11.1. The van der Waals surface area contributed by atoms with Gasteiger partial charge in [0.1, 0.15) is 11.4 Å². The summed E-state index contributed by atoms with van der Waals surface area (Å²) in [4.78, 5) is 0. The van der Waals surface area contributed by atoms with Gasteiger partial charge in [0.05, 0.1) is 0 Å². The van der Waals surface area contributed by atoms with Gasteiger partial charge in [0.15, 0.2) is 0 Å². The lowest BCUT2D eigenvalue weighted by atomic mass is 9.89. The van der Waals surface area contributed by atoms with Crippen molar-refractivity contribution in [3.05, 3.63) is 35.4 Å². The van der Waals surface area contributed by atoms with Crippen LogP contribution in [0.2, 0.25) is 0 Å². The molecule has 0 radical (unpaired) electrons. The summed E-state index contributed by atoms with van der Waals surface area (Å²) in [5.74, 6) is 1.47. The first kappa shape index (κ1) is 10.3. The molecule has 2 rings (SSSR count). The lowest BCUT2D eigenvalue weighted by Crippen LogP contribution is -2.37. The van der Waals surface area contributed by atoms with Crippen LogP contribution in [-0.2, 0) is 0 Å². The van der Waals surface area contributed by atoms with Gasteiger partial charge in [0.2, 0.25) is 0 Å². The summed E-state index contributed by atoms with van der Waals surface area (Å²) in [6.45, 7) is 8.61. The van der Waals surface area contributed by atoms with Crippen LogP contribution in [0, 0.1) is 12.8 Å². The van der Waals surface area contributed by atoms with E-state index in [4.69, 9.17) is 4.74 Å². The first-order chi connectivity index (χ1) is 7.01. The van der Waals surface area contributed by atoms with E-state index in [2.05, 4.69) is 58.0 Å². The van der Waals surface area contributed by atoms with Crippen molar-refractivity contribution in [3.63, 3.8) is 0 Å². The third kappa shape index (κ3) is 1.79. The third-order valence-electron chi connectivity index (χ3n) is 3.24. The van der Waals surface area contributed by atoms with Crippen molar-refractivity contribution in [2.75, 3.05) is 0 Å². The van der Waals surface area contributed by atoms with Crippen molar-refractivity contribution in [3.8, 4) is 5.75 Å². The summed E-state index contributed by atoms with van der Waals surface area (Å²) < 4.78 is 6.05. The highest BCUT2D eigenvalue weighted by atomic mass is 16.5. The highest BCUT2D eigenvalue weighted by molar-refractivity contribution is 5.61. The van der Waals surface area contributed by atoms with Gasteiger partial charge in [-0.2, -0.15) is 0 Å². The minimum absolute atomic E-state index is 0.164. The minimum Gasteiger partial charge on any atom is -0.483 e. The van der Waals surface area contributed by atoms with Gasteiger partial charge in [-0.25, -0.2) is 0 Å². The highest BCUT2D eigenvalue weighted by Crippen LogP contribution is 2.35. The fourth-order valence-electron chi connectivity index (χ4n) is 1.73. The molecule has 1 heteroatoms. The Bertz CT molecular complexity index is 404. The van der Waals surface area contributed by atoms with E-state index in [1.54, 1.807) is 0 Å². The fraction of sp³-hybridized carbons (Fsp3) is 0.429. The normalized spacial score (nSPS) is 23.8. The lowest BCUT2D eigenvalue weighted by molar-refractivity contribution is 0.0875. The molecule has 1 aliphatic rings. The summed E-state index contributed by atoms with van der Waals surface area (Å²) in [6, 6.07) is 6.32. The van der Waals surface area contributed by atoms with Crippen molar-refractivity contribution in [2.24, 2.45) is 5.92 Å². The molecule has 0 aliphatic carbocycles. The maximum absolute atomic E-state index is 6.05.